The van der Waals surface area contributed by atoms with E-state index in [1.807, 2.05) is 36.4 Å². The van der Waals surface area contributed by atoms with Crippen LogP contribution in [0.3, 0.4) is 0 Å². The predicted octanol–water partition coefficient (Wildman–Crippen LogP) is 3.84. The van der Waals surface area contributed by atoms with Crippen LogP contribution in [0.15, 0.2) is 48.5 Å². The van der Waals surface area contributed by atoms with Gasteiger partial charge in [0.25, 0.3) is 11.8 Å². The second kappa shape index (κ2) is 9.41. The lowest BCUT2D eigenvalue weighted by Gasteiger charge is -2.10. The quantitative estimate of drug-likeness (QED) is 0.602. The molecule has 2 N–H and O–H groups in total. The molecule has 0 bridgehead atoms. The molecule has 7 nitrogen and oxygen atoms in total. The van der Waals surface area contributed by atoms with Crippen molar-refractivity contribution in [2.24, 2.45) is 0 Å². The van der Waals surface area contributed by atoms with Crippen LogP contribution in [0.25, 0.3) is 0 Å². The molecule has 30 heavy (non-hydrogen) atoms. The highest BCUT2D eigenvalue weighted by atomic mass is 32.1. The summed E-state index contributed by atoms with van der Waals surface area (Å²) in [6.45, 7) is 2.17. The number of hydrogen-bond acceptors (Lipinski definition) is 6. The number of para-hydroxylation sites is 2. The first-order valence-corrected chi connectivity index (χ1v) is 10.2. The number of nitrogens with one attached hydrogen (secondary N) is 2. The number of nitrogens with zero attached hydrogens (tertiary/aromatic N) is 2. The fourth-order valence-electron chi connectivity index (χ4n) is 2.81. The lowest BCUT2D eigenvalue weighted by molar-refractivity contribution is 0.0827. The fraction of sp³-hybridized carbons (Fsp3) is 0.227. The van der Waals surface area contributed by atoms with Gasteiger partial charge < -0.3 is 20.3 Å². The van der Waals surface area contributed by atoms with Crippen molar-refractivity contribution in [3.05, 3.63) is 70.2 Å². The number of anilines is 2. The van der Waals surface area contributed by atoms with Gasteiger partial charge in [-0.2, -0.15) is 0 Å². The Hall–Kier alpha value is -3.39. The number of carbonyl (C=O) groups is 2. The van der Waals surface area contributed by atoms with Crippen molar-refractivity contribution >= 4 is 34.0 Å². The van der Waals surface area contributed by atoms with Crippen molar-refractivity contribution in [1.29, 1.82) is 0 Å². The number of carbonyl (C=O) groups excluding carboxylic acids is 2. The van der Waals surface area contributed by atoms with E-state index in [1.165, 1.54) is 16.2 Å². The summed E-state index contributed by atoms with van der Waals surface area (Å²) in [5, 5.41) is 6.74. The lowest BCUT2D eigenvalue weighted by Crippen LogP contribution is -2.23. The highest BCUT2D eigenvalue weighted by Gasteiger charge is 2.16. The molecule has 2 amide bonds. The largest absolute Gasteiger partial charge is 0.495 e. The molecule has 0 radical (unpaired) electrons. The topological polar surface area (TPSA) is 83.6 Å². The van der Waals surface area contributed by atoms with E-state index in [9.17, 15) is 9.59 Å². The first kappa shape index (κ1) is 21.3. The Balaban J connectivity index is 1.64. The highest BCUT2D eigenvalue weighted by molar-refractivity contribution is 7.17. The molecule has 0 spiro atoms. The zero-order valence-electron chi connectivity index (χ0n) is 17.4. The maximum absolute atomic E-state index is 12.6. The van der Waals surface area contributed by atoms with Gasteiger partial charge in [0.2, 0.25) is 0 Å². The third kappa shape index (κ3) is 4.96. The zero-order valence-corrected chi connectivity index (χ0v) is 18.2. The molecule has 0 unspecified atom stereocenters. The molecule has 0 aliphatic carbocycles. The van der Waals surface area contributed by atoms with Crippen molar-refractivity contribution in [2.75, 3.05) is 26.5 Å². The van der Waals surface area contributed by atoms with Crippen molar-refractivity contribution in [3.63, 3.8) is 0 Å². The molecule has 0 aliphatic rings. The minimum absolute atomic E-state index is 0.0547. The number of amides is 2. The first-order valence-electron chi connectivity index (χ1n) is 9.35. The van der Waals surface area contributed by atoms with Crippen LogP contribution in [0.5, 0.6) is 5.75 Å². The Morgan fingerprint density at radius 2 is 1.80 bits per heavy atom. The average Bonchev–Trinajstić information content (AvgIpc) is 3.12. The molecule has 0 saturated heterocycles. The van der Waals surface area contributed by atoms with E-state index in [2.05, 4.69) is 15.6 Å². The molecule has 0 aliphatic heterocycles. The van der Waals surface area contributed by atoms with Gasteiger partial charge in [0.15, 0.2) is 5.13 Å². The van der Waals surface area contributed by atoms with Crippen molar-refractivity contribution < 1.29 is 14.3 Å². The fourth-order valence-corrected chi connectivity index (χ4v) is 3.70. The van der Waals surface area contributed by atoms with E-state index >= 15 is 0 Å². The molecule has 0 saturated carbocycles. The van der Waals surface area contributed by atoms with Gasteiger partial charge in [0, 0.05) is 26.2 Å². The van der Waals surface area contributed by atoms with E-state index in [-0.39, 0.29) is 11.8 Å². The summed E-state index contributed by atoms with van der Waals surface area (Å²) in [5.74, 6) is 0.458. The third-order valence-electron chi connectivity index (χ3n) is 4.41. The molecule has 1 aromatic heterocycles. The molecule has 0 atom stereocenters. The maximum atomic E-state index is 12.6. The van der Waals surface area contributed by atoms with Crippen LogP contribution in [0.1, 0.15) is 31.3 Å². The summed E-state index contributed by atoms with van der Waals surface area (Å²) >= 11 is 1.29. The molecular formula is C22H24N4O3S. The molecule has 1 heterocycles. The van der Waals surface area contributed by atoms with Crippen LogP contribution >= 0.6 is 11.3 Å². The molecule has 3 rings (SSSR count). The monoisotopic (exact) mass is 424 g/mol. The van der Waals surface area contributed by atoms with E-state index in [0.717, 1.165) is 11.3 Å². The van der Waals surface area contributed by atoms with Gasteiger partial charge in [-0.15, -0.1) is 0 Å². The summed E-state index contributed by atoms with van der Waals surface area (Å²) in [4.78, 5) is 31.1. The molecular weight excluding hydrogens is 400 g/mol. The van der Waals surface area contributed by atoms with E-state index in [0.29, 0.717) is 33.6 Å². The molecule has 3 aromatic rings. The van der Waals surface area contributed by atoms with Gasteiger partial charge in [-0.25, -0.2) is 4.98 Å². The van der Waals surface area contributed by atoms with Crippen molar-refractivity contribution in [3.8, 4) is 5.75 Å². The standard InChI is InChI=1S/C22H24N4O3S/c1-14-19(30-22(24-14)25-17-7-5-6-8-18(17)29-4)20(27)23-13-15-9-11-16(12-10-15)21(28)26(2)3/h5-12H,13H2,1-4H3,(H,23,27)(H,24,25). The average molecular weight is 425 g/mol. The Labute approximate surface area is 179 Å². The number of aryl methyl sites for hydroxylation is 1. The SMILES string of the molecule is COc1ccccc1Nc1nc(C)c(C(=O)NCc2ccc(C(=O)N(C)C)cc2)s1. The van der Waals surface area contributed by atoms with E-state index in [1.54, 1.807) is 40.3 Å². The summed E-state index contributed by atoms with van der Waals surface area (Å²) in [5.41, 5.74) is 2.96. The Morgan fingerprint density at radius 3 is 2.47 bits per heavy atom. The summed E-state index contributed by atoms with van der Waals surface area (Å²) in [6.07, 6.45) is 0. The van der Waals surface area contributed by atoms with Crippen molar-refractivity contribution in [2.45, 2.75) is 13.5 Å². The highest BCUT2D eigenvalue weighted by Crippen LogP contribution is 2.30. The van der Waals surface area contributed by atoms with Crippen LogP contribution in [0.2, 0.25) is 0 Å². The molecule has 2 aromatic carbocycles. The summed E-state index contributed by atoms with van der Waals surface area (Å²) in [7, 11) is 5.03. The molecule has 8 heteroatoms. The minimum atomic E-state index is -0.188. The van der Waals surface area contributed by atoms with Crippen molar-refractivity contribution in [1.82, 2.24) is 15.2 Å². The van der Waals surface area contributed by atoms with Crippen LogP contribution in [0.4, 0.5) is 10.8 Å². The number of aromatic nitrogens is 1. The number of thiazole rings is 1. The molecule has 156 valence electrons. The number of benzene rings is 2. The number of ether oxygens (including phenoxy) is 1. The van der Waals surface area contributed by atoms with Crippen LogP contribution in [-0.2, 0) is 6.54 Å². The summed E-state index contributed by atoms with van der Waals surface area (Å²) < 4.78 is 5.34. The van der Waals surface area contributed by atoms with Gasteiger partial charge in [0.1, 0.15) is 10.6 Å². The maximum Gasteiger partial charge on any atom is 0.263 e. The predicted molar refractivity (Wildman–Crippen MR) is 119 cm³/mol. The number of methoxy groups -OCH3 is 1. The Bertz CT molecular complexity index is 1040. The van der Waals surface area contributed by atoms with Gasteiger partial charge >= 0.3 is 0 Å². The zero-order chi connectivity index (χ0) is 21.7. The van der Waals surface area contributed by atoms with Crippen LogP contribution < -0.4 is 15.4 Å². The third-order valence-corrected chi connectivity index (χ3v) is 5.48. The Kier molecular flexibility index (Phi) is 6.68. The number of rotatable bonds is 7. The van der Waals surface area contributed by atoms with Gasteiger partial charge in [-0.3, -0.25) is 9.59 Å². The Morgan fingerprint density at radius 1 is 1.10 bits per heavy atom. The smallest absolute Gasteiger partial charge is 0.263 e. The summed E-state index contributed by atoms with van der Waals surface area (Å²) in [6, 6.07) is 14.7. The van der Waals surface area contributed by atoms with E-state index < -0.39 is 0 Å². The van der Waals surface area contributed by atoms with Gasteiger partial charge in [0.05, 0.1) is 18.5 Å². The van der Waals surface area contributed by atoms with Gasteiger partial charge in [-0.05, 0) is 36.8 Å². The van der Waals surface area contributed by atoms with Gasteiger partial charge in [-0.1, -0.05) is 35.6 Å². The van der Waals surface area contributed by atoms with Crippen LogP contribution in [0, 0.1) is 6.92 Å². The van der Waals surface area contributed by atoms with E-state index in [4.69, 9.17) is 4.74 Å². The van der Waals surface area contributed by atoms with Crippen LogP contribution in [-0.4, -0.2) is 42.9 Å². The molecule has 0 fully saturated rings. The minimum Gasteiger partial charge on any atom is -0.495 e. The second-order valence-electron chi connectivity index (χ2n) is 6.84. The second-order valence-corrected chi connectivity index (χ2v) is 7.84. The number of hydrogen-bond donors (Lipinski definition) is 2. The lowest BCUT2D eigenvalue weighted by atomic mass is 10.1. The normalized spacial score (nSPS) is 10.4. The first-order chi connectivity index (χ1) is 14.4.